The molecule has 20 heavy (non-hydrogen) atoms. The van der Waals surface area contributed by atoms with Crippen molar-refractivity contribution < 1.29 is 4.39 Å². The van der Waals surface area contributed by atoms with Crippen molar-refractivity contribution in [2.24, 2.45) is 0 Å². The van der Waals surface area contributed by atoms with Gasteiger partial charge in [0.1, 0.15) is 5.82 Å². The Hall–Kier alpha value is -2.40. The Morgan fingerprint density at radius 1 is 1.05 bits per heavy atom. The second-order valence-electron chi connectivity index (χ2n) is 4.48. The minimum absolute atomic E-state index is 0.0000566. The van der Waals surface area contributed by atoms with Crippen LogP contribution in [-0.2, 0) is 0 Å². The number of nitrogen functional groups attached to an aromatic ring is 2. The summed E-state index contributed by atoms with van der Waals surface area (Å²) in [5.74, 6) is -0.560. The van der Waals surface area contributed by atoms with Gasteiger partial charge in [0, 0.05) is 16.0 Å². The summed E-state index contributed by atoms with van der Waals surface area (Å²) >= 11 is 1.50. The lowest BCUT2D eigenvalue weighted by atomic mass is 10.1. The lowest BCUT2D eigenvalue weighted by molar-refractivity contribution is 0.633. The molecular weight excluding hydrogens is 273 g/mol. The van der Waals surface area contributed by atoms with E-state index in [0.29, 0.717) is 5.56 Å². The van der Waals surface area contributed by atoms with Crippen LogP contribution in [0.2, 0.25) is 0 Å². The van der Waals surface area contributed by atoms with E-state index in [1.54, 1.807) is 0 Å². The molecule has 3 aromatic rings. The first kappa shape index (κ1) is 12.6. The smallest absolute Gasteiger partial charge is 0.148 e. The summed E-state index contributed by atoms with van der Waals surface area (Å²) < 4.78 is 14.4. The van der Waals surface area contributed by atoms with Crippen LogP contribution in [0.15, 0.2) is 42.5 Å². The van der Waals surface area contributed by atoms with Gasteiger partial charge in [0.15, 0.2) is 0 Å². The maximum atomic E-state index is 13.3. The summed E-state index contributed by atoms with van der Waals surface area (Å²) in [5, 5.41) is 9.34. The van der Waals surface area contributed by atoms with Crippen molar-refractivity contribution in [1.29, 1.82) is 5.41 Å². The molecule has 1 heterocycles. The zero-order valence-corrected chi connectivity index (χ0v) is 11.3. The fourth-order valence-corrected chi connectivity index (χ4v) is 3.09. The fraction of sp³-hybridized carbons (Fsp3) is 0. The van der Waals surface area contributed by atoms with Crippen molar-refractivity contribution in [3.8, 4) is 0 Å². The molecule has 0 aliphatic heterocycles. The fourth-order valence-electron chi connectivity index (χ4n) is 2.06. The van der Waals surface area contributed by atoms with Gasteiger partial charge in [-0.2, -0.15) is 0 Å². The second kappa shape index (κ2) is 4.61. The second-order valence-corrected chi connectivity index (χ2v) is 5.57. The van der Waals surface area contributed by atoms with E-state index in [-0.39, 0.29) is 17.1 Å². The van der Waals surface area contributed by atoms with Crippen LogP contribution < -0.4 is 11.5 Å². The molecule has 0 radical (unpaired) electrons. The van der Waals surface area contributed by atoms with Gasteiger partial charge in [0.05, 0.1) is 16.3 Å². The first-order valence-electron chi connectivity index (χ1n) is 5.98. The van der Waals surface area contributed by atoms with Crippen molar-refractivity contribution in [1.82, 2.24) is 0 Å². The molecule has 2 aromatic carbocycles. The van der Waals surface area contributed by atoms with Crippen LogP contribution in [0.5, 0.6) is 0 Å². The topological polar surface area (TPSA) is 75.9 Å². The number of nitrogens with two attached hydrogens (primary N) is 2. The van der Waals surface area contributed by atoms with Crippen LogP contribution in [0.3, 0.4) is 0 Å². The quantitative estimate of drug-likeness (QED) is 0.497. The number of rotatable bonds is 2. The molecule has 100 valence electrons. The van der Waals surface area contributed by atoms with E-state index in [4.69, 9.17) is 16.9 Å². The zero-order chi connectivity index (χ0) is 14.3. The third-order valence-electron chi connectivity index (χ3n) is 3.11. The lowest BCUT2D eigenvalue weighted by Gasteiger charge is -2.07. The molecule has 0 saturated carbocycles. The highest BCUT2D eigenvalue weighted by Gasteiger charge is 2.14. The number of benzene rings is 2. The summed E-state index contributed by atoms with van der Waals surface area (Å²) in [5.41, 5.74) is 12.3. The number of hydrogen-bond acceptors (Lipinski definition) is 4. The lowest BCUT2D eigenvalue weighted by Crippen LogP contribution is -2.06. The molecule has 0 aliphatic carbocycles. The van der Waals surface area contributed by atoms with E-state index in [0.717, 1.165) is 21.0 Å². The molecule has 3 rings (SSSR count). The third kappa shape index (κ3) is 2.02. The first-order chi connectivity index (χ1) is 9.56. The van der Waals surface area contributed by atoms with Crippen LogP contribution in [0.1, 0.15) is 10.4 Å². The maximum Gasteiger partial charge on any atom is 0.148 e. The number of nitrogens with one attached hydrogen (secondary N) is 1. The molecule has 1 aromatic heterocycles. The Labute approximate surface area is 119 Å². The first-order valence-corrected chi connectivity index (χ1v) is 6.80. The van der Waals surface area contributed by atoms with Gasteiger partial charge in [-0.25, -0.2) is 4.39 Å². The zero-order valence-electron chi connectivity index (χ0n) is 10.5. The van der Waals surface area contributed by atoms with Gasteiger partial charge < -0.3 is 11.5 Å². The molecule has 0 spiro atoms. The molecule has 0 fully saturated rings. The van der Waals surface area contributed by atoms with Crippen LogP contribution in [0.4, 0.5) is 15.8 Å². The Bertz CT molecular complexity index is 790. The molecule has 0 aliphatic rings. The molecule has 0 bridgehead atoms. The monoisotopic (exact) mass is 285 g/mol. The minimum Gasteiger partial charge on any atom is -0.398 e. The van der Waals surface area contributed by atoms with Gasteiger partial charge in [-0.05, 0) is 29.7 Å². The number of halogens is 1. The van der Waals surface area contributed by atoms with Gasteiger partial charge in [-0.1, -0.05) is 18.2 Å². The highest BCUT2D eigenvalue weighted by atomic mass is 32.1. The number of hydrogen-bond donors (Lipinski definition) is 3. The summed E-state index contributed by atoms with van der Waals surface area (Å²) in [6.07, 6.45) is 0. The van der Waals surface area contributed by atoms with E-state index >= 15 is 0 Å². The molecule has 0 saturated heterocycles. The Balaban J connectivity index is 2.10. The van der Waals surface area contributed by atoms with Crippen molar-refractivity contribution in [2.75, 3.05) is 11.5 Å². The van der Waals surface area contributed by atoms with Crippen LogP contribution in [-0.4, -0.2) is 5.71 Å². The molecule has 0 amide bonds. The average molecular weight is 285 g/mol. The predicted octanol–water partition coefficient (Wildman–Crippen LogP) is 3.62. The van der Waals surface area contributed by atoms with Gasteiger partial charge >= 0.3 is 0 Å². The summed E-state index contributed by atoms with van der Waals surface area (Å²) in [6, 6.07) is 12.4. The highest BCUT2D eigenvalue weighted by molar-refractivity contribution is 7.21. The molecule has 5 heteroatoms. The maximum absolute atomic E-state index is 13.3. The number of thiophene rings is 1. The Morgan fingerprint density at radius 2 is 1.80 bits per heavy atom. The summed E-state index contributed by atoms with van der Waals surface area (Å²) in [7, 11) is 0. The van der Waals surface area contributed by atoms with Gasteiger partial charge in [0.25, 0.3) is 0 Å². The van der Waals surface area contributed by atoms with E-state index < -0.39 is 5.82 Å². The third-order valence-corrected chi connectivity index (χ3v) is 4.24. The van der Waals surface area contributed by atoms with Crippen LogP contribution in [0, 0.1) is 11.2 Å². The number of fused-ring (bicyclic) bond motifs is 1. The number of anilines is 2. The van der Waals surface area contributed by atoms with Crippen molar-refractivity contribution >= 4 is 38.5 Å². The summed E-state index contributed by atoms with van der Waals surface area (Å²) in [4.78, 5) is 0.781. The predicted molar refractivity (Wildman–Crippen MR) is 83.0 cm³/mol. The Morgan fingerprint density at radius 3 is 2.55 bits per heavy atom. The molecule has 3 nitrogen and oxygen atoms in total. The molecule has 0 unspecified atom stereocenters. The highest BCUT2D eigenvalue weighted by Crippen LogP contribution is 2.29. The van der Waals surface area contributed by atoms with Gasteiger partial charge in [-0.3, -0.25) is 5.41 Å². The normalized spacial score (nSPS) is 10.8. The van der Waals surface area contributed by atoms with Crippen molar-refractivity contribution in [3.05, 3.63) is 58.7 Å². The van der Waals surface area contributed by atoms with Gasteiger partial charge in [0.2, 0.25) is 0 Å². The molecular formula is C15H12FN3S. The molecule has 5 N–H and O–H groups in total. The van der Waals surface area contributed by atoms with E-state index in [1.807, 2.05) is 30.3 Å². The minimum atomic E-state index is -0.560. The Kier molecular flexibility index (Phi) is 2.91. The van der Waals surface area contributed by atoms with Crippen molar-refractivity contribution in [2.45, 2.75) is 0 Å². The SMILES string of the molecule is N=C(c1cc2ccccc2s1)c1cc(N)c(F)cc1N. The molecule has 0 atom stereocenters. The van der Waals surface area contributed by atoms with E-state index in [1.165, 1.54) is 17.4 Å². The average Bonchev–Trinajstić information content (AvgIpc) is 2.86. The van der Waals surface area contributed by atoms with Crippen molar-refractivity contribution in [3.63, 3.8) is 0 Å². The van der Waals surface area contributed by atoms with E-state index in [9.17, 15) is 4.39 Å². The van der Waals surface area contributed by atoms with Gasteiger partial charge in [-0.15, -0.1) is 11.3 Å². The summed E-state index contributed by atoms with van der Waals surface area (Å²) in [6.45, 7) is 0. The van der Waals surface area contributed by atoms with Crippen LogP contribution >= 0.6 is 11.3 Å². The largest absolute Gasteiger partial charge is 0.398 e. The van der Waals surface area contributed by atoms with E-state index in [2.05, 4.69) is 0 Å². The standard InChI is InChI=1S/C15H12FN3S/c16-10-7-11(17)9(6-12(10)18)15(19)14-5-8-3-1-2-4-13(8)20-14/h1-7,19H,17-18H2. The van der Waals surface area contributed by atoms with Crippen LogP contribution in [0.25, 0.3) is 10.1 Å².